The lowest BCUT2D eigenvalue weighted by atomic mass is 9.59. The molecule has 0 aliphatic heterocycles. The number of carbonyl (C=O) groups is 3. The number of nitrogens with one attached hydrogen (secondary N) is 1. The molecule has 9 heteroatoms. The first-order chi connectivity index (χ1) is 21.1. The molecular weight excluding hydrogens is 558 g/mol. The number of allylic oxidation sites excluding steroid dienone is 1. The van der Waals surface area contributed by atoms with Crippen LogP contribution in [-0.2, 0) is 33.9 Å². The van der Waals surface area contributed by atoms with Crippen LogP contribution >= 0.6 is 0 Å². The summed E-state index contributed by atoms with van der Waals surface area (Å²) < 4.78 is 0. The summed E-state index contributed by atoms with van der Waals surface area (Å²) in [5.41, 5.74) is 9.85. The number of Topliss-reactive ketones (excluding diaryl/α,β-unsaturated/α-hetero) is 2. The Morgan fingerprint density at radius 2 is 1.57 bits per heavy atom. The molecule has 0 heterocycles. The van der Waals surface area contributed by atoms with Crippen LogP contribution in [0.2, 0.25) is 0 Å². The molecule has 226 valence electrons. The van der Waals surface area contributed by atoms with Crippen molar-refractivity contribution in [1.29, 1.82) is 0 Å². The SMILES string of the molecule is CN(C)[C@@H]1C(O)=C(C(N)=O)C(=O)C2C(=O)C3=C(O)c4c(O)ccc(-c5ccc(CNCc6ccccc6)cc5)c4CC3C[C@H]21. The number of phenols is 1. The first-order valence-corrected chi connectivity index (χ1v) is 14.7. The van der Waals surface area contributed by atoms with Gasteiger partial charge in [0, 0.05) is 18.7 Å². The summed E-state index contributed by atoms with van der Waals surface area (Å²) in [7, 11) is 3.40. The van der Waals surface area contributed by atoms with Crippen LogP contribution < -0.4 is 11.1 Å². The number of primary amides is 1. The number of ketones is 2. The van der Waals surface area contributed by atoms with Crippen LogP contribution in [0.4, 0.5) is 0 Å². The number of hydrogen-bond acceptors (Lipinski definition) is 8. The first kappa shape index (κ1) is 29.3. The summed E-state index contributed by atoms with van der Waals surface area (Å²) in [5.74, 6) is -5.83. The highest BCUT2D eigenvalue weighted by Gasteiger charge is 2.55. The fraction of sp³-hybridized carbons (Fsp3) is 0.286. The van der Waals surface area contributed by atoms with Crippen molar-refractivity contribution < 1.29 is 29.7 Å². The predicted octanol–water partition coefficient (Wildman–Crippen LogP) is 3.81. The van der Waals surface area contributed by atoms with Gasteiger partial charge in [-0.05, 0) is 72.7 Å². The molecule has 0 saturated heterocycles. The van der Waals surface area contributed by atoms with E-state index in [2.05, 4.69) is 17.4 Å². The number of amides is 1. The molecule has 0 spiro atoms. The van der Waals surface area contributed by atoms with E-state index in [4.69, 9.17) is 5.73 Å². The zero-order valence-electron chi connectivity index (χ0n) is 24.6. The molecular formula is C35H35N3O6. The quantitative estimate of drug-likeness (QED) is 0.205. The molecule has 2 unspecified atom stereocenters. The van der Waals surface area contributed by atoms with Crippen molar-refractivity contribution in [2.24, 2.45) is 23.5 Å². The van der Waals surface area contributed by atoms with Crippen LogP contribution in [0, 0.1) is 17.8 Å². The fourth-order valence-corrected chi connectivity index (χ4v) is 7.29. The van der Waals surface area contributed by atoms with Gasteiger partial charge in [-0.2, -0.15) is 0 Å². The van der Waals surface area contributed by atoms with Gasteiger partial charge < -0.3 is 26.4 Å². The van der Waals surface area contributed by atoms with Gasteiger partial charge in [-0.1, -0.05) is 60.7 Å². The number of aliphatic hydroxyl groups excluding tert-OH is 2. The number of likely N-dealkylation sites (N-methyl/N-ethyl adjacent to an activating group) is 1. The van der Waals surface area contributed by atoms with E-state index in [-0.39, 0.29) is 22.6 Å². The zero-order chi connectivity index (χ0) is 31.3. The highest BCUT2D eigenvalue weighted by atomic mass is 16.3. The second-order valence-corrected chi connectivity index (χ2v) is 12.1. The number of rotatable bonds is 7. The third-order valence-corrected chi connectivity index (χ3v) is 9.21. The normalized spacial score (nSPS) is 23.0. The Hall–Kier alpha value is -4.73. The molecule has 0 radical (unpaired) electrons. The number of nitrogens with two attached hydrogens (primary N) is 1. The minimum atomic E-state index is -1.27. The maximum absolute atomic E-state index is 13.9. The number of aliphatic hydroxyl groups is 2. The molecule has 3 aromatic rings. The lowest BCUT2D eigenvalue weighted by Crippen LogP contribution is -2.55. The molecule has 0 aromatic heterocycles. The van der Waals surface area contributed by atoms with Crippen molar-refractivity contribution >= 4 is 23.2 Å². The van der Waals surface area contributed by atoms with Crippen LogP contribution in [0.3, 0.4) is 0 Å². The molecule has 9 nitrogen and oxygen atoms in total. The van der Waals surface area contributed by atoms with Gasteiger partial charge in [-0.3, -0.25) is 19.3 Å². The Balaban J connectivity index is 1.33. The Labute approximate surface area is 255 Å². The standard InChI is InChI=1S/C35H35N3O6/c1-38(2)30-24-15-21-14-23-22(20-10-8-19(9-11-20)17-37-16-18-6-4-3-5-7-18)12-13-25(39)27(23)31(40)26(21)32(41)28(24)33(42)29(34(30)43)35(36)44/h3-13,21,24,28,30,37,39-40,43H,14-17H2,1-2H3,(H2,36,44)/t21?,24-,28?,30+/m1/s1. The topological polar surface area (TPSA) is 153 Å². The van der Waals surface area contributed by atoms with Crippen molar-refractivity contribution in [3.05, 3.63) is 106 Å². The average Bonchev–Trinajstić information content (AvgIpc) is 2.97. The molecule has 6 N–H and O–H groups in total. The molecule has 44 heavy (non-hydrogen) atoms. The summed E-state index contributed by atoms with van der Waals surface area (Å²) in [6.45, 7) is 1.44. The van der Waals surface area contributed by atoms with E-state index in [0.29, 0.717) is 24.9 Å². The summed E-state index contributed by atoms with van der Waals surface area (Å²) in [6, 6.07) is 20.8. The van der Waals surface area contributed by atoms with Crippen molar-refractivity contribution in [2.75, 3.05) is 14.1 Å². The van der Waals surface area contributed by atoms with Crippen molar-refractivity contribution in [3.63, 3.8) is 0 Å². The van der Waals surface area contributed by atoms with E-state index < -0.39 is 52.6 Å². The van der Waals surface area contributed by atoms with Gasteiger partial charge in [-0.15, -0.1) is 0 Å². The first-order valence-electron chi connectivity index (χ1n) is 14.7. The molecule has 6 rings (SSSR count). The minimum absolute atomic E-state index is 0.0714. The van der Waals surface area contributed by atoms with E-state index in [1.807, 2.05) is 48.5 Å². The number of carbonyl (C=O) groups excluding carboxylic acids is 3. The molecule has 1 saturated carbocycles. The van der Waals surface area contributed by atoms with E-state index in [1.54, 1.807) is 19.0 Å². The maximum Gasteiger partial charge on any atom is 0.255 e. The molecule has 1 fully saturated rings. The lowest BCUT2D eigenvalue weighted by molar-refractivity contribution is -0.136. The summed E-state index contributed by atoms with van der Waals surface area (Å²) >= 11 is 0. The second kappa shape index (κ2) is 11.4. The summed E-state index contributed by atoms with van der Waals surface area (Å²) in [5, 5.41) is 36.8. The van der Waals surface area contributed by atoms with Crippen LogP contribution in [0.5, 0.6) is 5.75 Å². The largest absolute Gasteiger partial charge is 0.510 e. The Bertz CT molecular complexity index is 1730. The predicted molar refractivity (Wildman–Crippen MR) is 165 cm³/mol. The number of aromatic hydroxyl groups is 1. The van der Waals surface area contributed by atoms with E-state index in [9.17, 15) is 29.7 Å². The second-order valence-electron chi connectivity index (χ2n) is 12.1. The highest BCUT2D eigenvalue weighted by molar-refractivity contribution is 6.28. The van der Waals surface area contributed by atoms with Crippen LogP contribution in [0.1, 0.15) is 28.7 Å². The molecule has 1 amide bonds. The van der Waals surface area contributed by atoms with Crippen LogP contribution in [-0.4, -0.2) is 57.8 Å². The van der Waals surface area contributed by atoms with Gasteiger partial charge in [0.1, 0.15) is 22.8 Å². The lowest BCUT2D eigenvalue weighted by Gasteiger charge is -2.46. The molecule has 3 aliphatic carbocycles. The van der Waals surface area contributed by atoms with Crippen LogP contribution in [0.15, 0.2) is 83.6 Å². The number of hydrogen-bond donors (Lipinski definition) is 5. The summed E-state index contributed by atoms with van der Waals surface area (Å²) in [4.78, 5) is 41.1. The van der Waals surface area contributed by atoms with Gasteiger partial charge >= 0.3 is 0 Å². The van der Waals surface area contributed by atoms with Gasteiger partial charge in [0.25, 0.3) is 5.91 Å². The third kappa shape index (κ3) is 4.88. The number of nitrogens with zero attached hydrogens (tertiary/aromatic N) is 1. The smallest absolute Gasteiger partial charge is 0.255 e. The van der Waals surface area contributed by atoms with Gasteiger partial charge in [-0.25, -0.2) is 0 Å². The Kier molecular flexibility index (Phi) is 7.61. The third-order valence-electron chi connectivity index (χ3n) is 9.21. The molecule has 3 aliphatic rings. The fourth-order valence-electron chi connectivity index (χ4n) is 7.29. The van der Waals surface area contributed by atoms with Gasteiger partial charge in [0.2, 0.25) is 0 Å². The Morgan fingerprint density at radius 1 is 0.909 bits per heavy atom. The number of benzene rings is 3. The molecule has 3 aromatic carbocycles. The van der Waals surface area contributed by atoms with Gasteiger partial charge in [0.05, 0.1) is 17.5 Å². The minimum Gasteiger partial charge on any atom is -0.510 e. The number of fused-ring (bicyclic) bond motifs is 3. The van der Waals surface area contributed by atoms with E-state index >= 15 is 0 Å². The van der Waals surface area contributed by atoms with Crippen LogP contribution in [0.25, 0.3) is 16.9 Å². The van der Waals surface area contributed by atoms with Crippen molar-refractivity contribution in [1.82, 2.24) is 10.2 Å². The zero-order valence-corrected chi connectivity index (χ0v) is 24.6. The molecule has 4 atom stereocenters. The van der Waals surface area contributed by atoms with Crippen molar-refractivity contribution in [3.8, 4) is 16.9 Å². The average molecular weight is 594 g/mol. The molecule has 0 bridgehead atoms. The highest BCUT2D eigenvalue weighted by Crippen LogP contribution is 2.51. The number of phenolic OH excluding ortho intramolecular Hbond substituents is 1. The van der Waals surface area contributed by atoms with Crippen molar-refractivity contribution in [2.45, 2.75) is 32.0 Å². The van der Waals surface area contributed by atoms with Gasteiger partial charge in [0.15, 0.2) is 11.6 Å². The van der Waals surface area contributed by atoms with E-state index in [1.165, 1.54) is 11.6 Å². The maximum atomic E-state index is 13.9. The van der Waals surface area contributed by atoms with E-state index in [0.717, 1.165) is 23.2 Å². The monoisotopic (exact) mass is 593 g/mol. The Morgan fingerprint density at radius 3 is 2.20 bits per heavy atom. The summed E-state index contributed by atoms with van der Waals surface area (Å²) in [6.07, 6.45) is 0.649.